The Morgan fingerprint density at radius 1 is 1.44 bits per heavy atom. The third kappa shape index (κ3) is 2.27. The Morgan fingerprint density at radius 3 is 2.83 bits per heavy atom. The molecule has 0 fully saturated rings. The monoisotopic (exact) mass is 248 g/mol. The van der Waals surface area contributed by atoms with Crippen LogP contribution in [-0.4, -0.2) is 32.1 Å². The molecule has 0 saturated carbocycles. The number of hydrogen-bond acceptors (Lipinski definition) is 4. The lowest BCUT2D eigenvalue weighted by Gasteiger charge is -2.07. The molecule has 2 heterocycles. The maximum Gasteiger partial charge on any atom is 0.341 e. The maximum absolute atomic E-state index is 11.8. The van der Waals surface area contributed by atoms with Crippen molar-refractivity contribution in [2.24, 2.45) is 7.05 Å². The Labute approximate surface area is 105 Å². The average Bonchev–Trinajstić information content (AvgIpc) is 2.89. The zero-order valence-corrected chi connectivity index (χ0v) is 10.8. The highest BCUT2D eigenvalue weighted by molar-refractivity contribution is 5.90. The van der Waals surface area contributed by atoms with E-state index < -0.39 is 0 Å². The summed E-state index contributed by atoms with van der Waals surface area (Å²) in [7, 11) is 1.80. The van der Waals surface area contributed by atoms with Crippen molar-refractivity contribution in [1.29, 1.82) is 0 Å². The number of aromatic nitrogens is 4. The van der Waals surface area contributed by atoms with E-state index in [2.05, 4.69) is 10.2 Å². The summed E-state index contributed by atoms with van der Waals surface area (Å²) in [4.78, 5) is 11.8. The van der Waals surface area contributed by atoms with Crippen molar-refractivity contribution in [2.75, 3.05) is 6.61 Å². The molecule has 2 aromatic rings. The number of esters is 1. The van der Waals surface area contributed by atoms with Crippen molar-refractivity contribution in [3.8, 4) is 0 Å². The first-order valence-corrected chi connectivity index (χ1v) is 5.80. The molecule has 2 rings (SSSR count). The fraction of sp³-hybridized carbons (Fsp3) is 0.417. The highest BCUT2D eigenvalue weighted by Gasteiger charge is 2.17. The van der Waals surface area contributed by atoms with Crippen LogP contribution in [0.1, 0.15) is 28.7 Å². The molecular weight excluding hydrogens is 232 g/mol. The molecule has 0 amide bonds. The molecule has 96 valence electrons. The second-order valence-electron chi connectivity index (χ2n) is 3.98. The number of carbonyl (C=O) groups excluding carboxylic acids is 1. The van der Waals surface area contributed by atoms with Gasteiger partial charge < -0.3 is 4.74 Å². The molecule has 0 unspecified atom stereocenters. The second kappa shape index (κ2) is 5.03. The minimum Gasteiger partial charge on any atom is -0.462 e. The first-order chi connectivity index (χ1) is 8.63. The molecule has 0 saturated heterocycles. The van der Waals surface area contributed by atoms with Crippen molar-refractivity contribution in [2.45, 2.75) is 20.4 Å². The Kier molecular flexibility index (Phi) is 3.45. The highest BCUT2D eigenvalue weighted by Crippen LogP contribution is 2.12. The van der Waals surface area contributed by atoms with E-state index in [1.54, 1.807) is 24.9 Å². The standard InChI is InChI=1S/C12H16N4O2/c1-4-18-12(17)10-7-14-15(3)11(10)8-16-9(2)5-6-13-16/h5-7H,4,8H2,1-3H3. The van der Waals surface area contributed by atoms with E-state index in [1.807, 2.05) is 17.7 Å². The molecule has 0 aliphatic heterocycles. The molecule has 0 bridgehead atoms. The highest BCUT2D eigenvalue weighted by atomic mass is 16.5. The van der Waals surface area contributed by atoms with Gasteiger partial charge in [0.15, 0.2) is 0 Å². The van der Waals surface area contributed by atoms with Gasteiger partial charge in [-0.15, -0.1) is 0 Å². The van der Waals surface area contributed by atoms with Gasteiger partial charge in [0, 0.05) is 18.9 Å². The number of ether oxygens (including phenoxy) is 1. The van der Waals surface area contributed by atoms with Crippen LogP contribution >= 0.6 is 0 Å². The van der Waals surface area contributed by atoms with Gasteiger partial charge >= 0.3 is 5.97 Å². The van der Waals surface area contributed by atoms with Gasteiger partial charge in [-0.25, -0.2) is 4.79 Å². The summed E-state index contributed by atoms with van der Waals surface area (Å²) in [6.07, 6.45) is 3.27. The Hall–Kier alpha value is -2.11. The minimum atomic E-state index is -0.342. The summed E-state index contributed by atoms with van der Waals surface area (Å²) in [5, 5.41) is 8.31. The van der Waals surface area contributed by atoms with Gasteiger partial charge in [0.2, 0.25) is 0 Å². The molecule has 6 heteroatoms. The summed E-state index contributed by atoms with van der Waals surface area (Å²) in [6, 6.07) is 1.92. The van der Waals surface area contributed by atoms with Crippen molar-refractivity contribution < 1.29 is 9.53 Å². The number of nitrogens with zero attached hydrogens (tertiary/aromatic N) is 4. The number of aryl methyl sites for hydroxylation is 2. The SMILES string of the molecule is CCOC(=O)c1cnn(C)c1Cn1nccc1C. The zero-order chi connectivity index (χ0) is 13.1. The molecule has 6 nitrogen and oxygen atoms in total. The first-order valence-electron chi connectivity index (χ1n) is 5.80. The summed E-state index contributed by atoms with van der Waals surface area (Å²) >= 11 is 0. The van der Waals surface area contributed by atoms with Crippen LogP contribution in [0.3, 0.4) is 0 Å². The minimum absolute atomic E-state index is 0.342. The molecular formula is C12H16N4O2. The molecule has 0 aliphatic carbocycles. The average molecular weight is 248 g/mol. The molecule has 0 aliphatic rings. The summed E-state index contributed by atoms with van der Waals surface area (Å²) in [6.45, 7) is 4.61. The van der Waals surface area contributed by atoms with Crippen LogP contribution < -0.4 is 0 Å². The molecule has 0 radical (unpaired) electrons. The van der Waals surface area contributed by atoms with E-state index >= 15 is 0 Å². The topological polar surface area (TPSA) is 61.9 Å². The van der Waals surface area contributed by atoms with E-state index in [1.165, 1.54) is 6.20 Å². The predicted octanol–water partition coefficient (Wildman–Crippen LogP) is 1.15. The molecule has 0 spiro atoms. The normalized spacial score (nSPS) is 10.6. The smallest absolute Gasteiger partial charge is 0.341 e. The maximum atomic E-state index is 11.8. The fourth-order valence-corrected chi connectivity index (χ4v) is 1.74. The van der Waals surface area contributed by atoms with Gasteiger partial charge in [0.25, 0.3) is 0 Å². The van der Waals surface area contributed by atoms with Gasteiger partial charge in [-0.2, -0.15) is 10.2 Å². The van der Waals surface area contributed by atoms with E-state index in [-0.39, 0.29) is 5.97 Å². The zero-order valence-electron chi connectivity index (χ0n) is 10.8. The van der Waals surface area contributed by atoms with Crippen LogP contribution in [0.2, 0.25) is 0 Å². The van der Waals surface area contributed by atoms with Crippen LogP contribution in [0.4, 0.5) is 0 Å². The molecule has 0 atom stereocenters. The summed E-state index contributed by atoms with van der Waals surface area (Å²) < 4.78 is 8.50. The van der Waals surface area contributed by atoms with E-state index in [0.717, 1.165) is 11.4 Å². The van der Waals surface area contributed by atoms with Crippen LogP contribution in [0.5, 0.6) is 0 Å². The predicted molar refractivity (Wildman–Crippen MR) is 65.2 cm³/mol. The molecule has 0 aromatic carbocycles. The fourth-order valence-electron chi connectivity index (χ4n) is 1.74. The third-order valence-corrected chi connectivity index (χ3v) is 2.79. The van der Waals surface area contributed by atoms with Gasteiger partial charge in [-0.3, -0.25) is 9.36 Å². The third-order valence-electron chi connectivity index (χ3n) is 2.79. The van der Waals surface area contributed by atoms with Crippen LogP contribution in [0, 0.1) is 6.92 Å². The second-order valence-corrected chi connectivity index (χ2v) is 3.98. The largest absolute Gasteiger partial charge is 0.462 e. The van der Waals surface area contributed by atoms with Gasteiger partial charge in [0.1, 0.15) is 5.56 Å². The van der Waals surface area contributed by atoms with Crippen molar-refractivity contribution >= 4 is 5.97 Å². The molecule has 18 heavy (non-hydrogen) atoms. The van der Waals surface area contributed by atoms with E-state index in [4.69, 9.17) is 4.74 Å². The van der Waals surface area contributed by atoms with Gasteiger partial charge in [0.05, 0.1) is 25.0 Å². The van der Waals surface area contributed by atoms with Crippen molar-refractivity contribution in [1.82, 2.24) is 19.6 Å². The quantitative estimate of drug-likeness (QED) is 0.761. The number of hydrogen-bond donors (Lipinski definition) is 0. The lowest BCUT2D eigenvalue weighted by molar-refractivity contribution is 0.0524. The van der Waals surface area contributed by atoms with Crippen LogP contribution in [0.25, 0.3) is 0 Å². The van der Waals surface area contributed by atoms with Gasteiger partial charge in [-0.05, 0) is 19.9 Å². The lowest BCUT2D eigenvalue weighted by Crippen LogP contribution is -2.13. The van der Waals surface area contributed by atoms with E-state index in [9.17, 15) is 4.79 Å². The molecule has 2 aromatic heterocycles. The lowest BCUT2D eigenvalue weighted by atomic mass is 10.2. The number of rotatable bonds is 4. The first kappa shape index (κ1) is 12.3. The molecule has 0 N–H and O–H groups in total. The Balaban J connectivity index is 2.30. The summed E-state index contributed by atoms with van der Waals surface area (Å²) in [5.41, 5.74) is 2.32. The Bertz CT molecular complexity index is 556. The summed E-state index contributed by atoms with van der Waals surface area (Å²) in [5.74, 6) is -0.342. The Morgan fingerprint density at radius 2 is 2.22 bits per heavy atom. The van der Waals surface area contributed by atoms with E-state index in [0.29, 0.717) is 18.7 Å². The van der Waals surface area contributed by atoms with Crippen molar-refractivity contribution in [3.05, 3.63) is 35.4 Å². The van der Waals surface area contributed by atoms with Gasteiger partial charge in [-0.1, -0.05) is 0 Å². The number of carbonyl (C=O) groups is 1. The van der Waals surface area contributed by atoms with Crippen LogP contribution in [-0.2, 0) is 18.3 Å². The van der Waals surface area contributed by atoms with Crippen LogP contribution in [0.15, 0.2) is 18.5 Å². The van der Waals surface area contributed by atoms with Crippen molar-refractivity contribution in [3.63, 3.8) is 0 Å².